The first-order valence-electron chi connectivity index (χ1n) is 7.96. The standard InChI is InChI=1S/C19H15N3O3S/c1-12-21-17-8-14(5-6-18(17)25-12)22-19(23)13-3-2-4-16(7-13)24-9-15-10-26-11-20-15/h2-8,10-11H,9H2,1H3,(H,22,23). The molecule has 4 rings (SSSR count). The van der Waals surface area contributed by atoms with Crippen molar-refractivity contribution in [1.82, 2.24) is 9.97 Å². The molecule has 0 fully saturated rings. The van der Waals surface area contributed by atoms with Gasteiger partial charge >= 0.3 is 0 Å². The Morgan fingerprint density at radius 3 is 3.04 bits per heavy atom. The van der Waals surface area contributed by atoms with Gasteiger partial charge in [0.25, 0.3) is 5.91 Å². The van der Waals surface area contributed by atoms with Crippen LogP contribution in [0, 0.1) is 6.92 Å². The lowest BCUT2D eigenvalue weighted by Gasteiger charge is -2.08. The van der Waals surface area contributed by atoms with Gasteiger partial charge in [0.15, 0.2) is 11.5 Å². The van der Waals surface area contributed by atoms with E-state index in [9.17, 15) is 4.79 Å². The first-order chi connectivity index (χ1) is 12.7. The van der Waals surface area contributed by atoms with E-state index in [-0.39, 0.29) is 5.91 Å². The topological polar surface area (TPSA) is 77.2 Å². The number of fused-ring (bicyclic) bond motifs is 1. The number of ether oxygens (including phenoxy) is 1. The number of anilines is 1. The fraction of sp³-hybridized carbons (Fsp3) is 0.105. The molecule has 0 aliphatic heterocycles. The van der Waals surface area contributed by atoms with E-state index in [1.807, 2.05) is 11.4 Å². The van der Waals surface area contributed by atoms with E-state index < -0.39 is 0 Å². The van der Waals surface area contributed by atoms with E-state index in [0.717, 1.165) is 5.69 Å². The Bertz CT molecular complexity index is 1060. The molecule has 0 saturated heterocycles. The van der Waals surface area contributed by atoms with Crippen molar-refractivity contribution >= 4 is 34.0 Å². The van der Waals surface area contributed by atoms with E-state index in [4.69, 9.17) is 9.15 Å². The highest BCUT2D eigenvalue weighted by atomic mass is 32.1. The van der Waals surface area contributed by atoms with Gasteiger partial charge < -0.3 is 14.5 Å². The zero-order valence-corrected chi connectivity index (χ0v) is 14.7. The number of hydrogen-bond acceptors (Lipinski definition) is 6. The van der Waals surface area contributed by atoms with E-state index in [1.165, 1.54) is 11.3 Å². The fourth-order valence-electron chi connectivity index (χ4n) is 2.52. The molecule has 0 bridgehead atoms. The van der Waals surface area contributed by atoms with Gasteiger partial charge in [-0.05, 0) is 36.4 Å². The minimum absolute atomic E-state index is 0.219. The molecule has 1 N–H and O–H groups in total. The van der Waals surface area contributed by atoms with Crippen LogP contribution in [0.15, 0.2) is 57.8 Å². The van der Waals surface area contributed by atoms with Crippen LogP contribution in [0.25, 0.3) is 11.1 Å². The highest BCUT2D eigenvalue weighted by Crippen LogP contribution is 2.21. The summed E-state index contributed by atoms with van der Waals surface area (Å²) in [6.45, 7) is 2.16. The largest absolute Gasteiger partial charge is 0.487 e. The molecule has 6 nitrogen and oxygen atoms in total. The predicted molar refractivity (Wildman–Crippen MR) is 99.6 cm³/mol. The minimum Gasteiger partial charge on any atom is -0.487 e. The van der Waals surface area contributed by atoms with Crippen LogP contribution in [-0.2, 0) is 6.61 Å². The molecule has 26 heavy (non-hydrogen) atoms. The number of oxazole rings is 1. The molecule has 0 aliphatic carbocycles. The molecule has 2 heterocycles. The van der Waals surface area contributed by atoms with Crippen LogP contribution in [0.5, 0.6) is 5.75 Å². The summed E-state index contributed by atoms with van der Waals surface area (Å²) in [5, 5.41) is 4.80. The van der Waals surface area contributed by atoms with E-state index in [1.54, 1.807) is 48.8 Å². The summed E-state index contributed by atoms with van der Waals surface area (Å²) in [4.78, 5) is 21.0. The maximum Gasteiger partial charge on any atom is 0.255 e. The molecule has 0 atom stereocenters. The van der Waals surface area contributed by atoms with Crippen LogP contribution in [0.3, 0.4) is 0 Å². The molecule has 0 saturated carbocycles. The van der Waals surface area contributed by atoms with E-state index in [0.29, 0.717) is 40.6 Å². The van der Waals surface area contributed by atoms with Crippen molar-refractivity contribution in [2.75, 3.05) is 5.32 Å². The van der Waals surface area contributed by atoms with E-state index >= 15 is 0 Å². The van der Waals surface area contributed by atoms with Crippen molar-refractivity contribution in [2.24, 2.45) is 0 Å². The van der Waals surface area contributed by atoms with Crippen LogP contribution in [-0.4, -0.2) is 15.9 Å². The Morgan fingerprint density at radius 1 is 1.27 bits per heavy atom. The Hall–Kier alpha value is -3.19. The lowest BCUT2D eigenvalue weighted by atomic mass is 10.2. The molecule has 130 valence electrons. The molecule has 2 aromatic carbocycles. The molecule has 2 aromatic heterocycles. The predicted octanol–water partition coefficient (Wildman–Crippen LogP) is 4.42. The number of benzene rings is 2. The zero-order chi connectivity index (χ0) is 17.9. The molecular formula is C19H15N3O3S. The third-order valence-electron chi connectivity index (χ3n) is 3.72. The van der Waals surface area contributed by atoms with Crippen LogP contribution >= 0.6 is 11.3 Å². The summed E-state index contributed by atoms with van der Waals surface area (Å²) < 4.78 is 11.1. The van der Waals surface area contributed by atoms with Crippen molar-refractivity contribution < 1.29 is 13.9 Å². The molecular weight excluding hydrogens is 350 g/mol. The van der Waals surface area contributed by atoms with Gasteiger partial charge in [0.2, 0.25) is 0 Å². The second-order valence-corrected chi connectivity index (χ2v) is 6.38. The number of nitrogens with zero attached hydrogens (tertiary/aromatic N) is 2. The van der Waals surface area contributed by atoms with Gasteiger partial charge in [-0.15, -0.1) is 11.3 Å². The Balaban J connectivity index is 1.47. The van der Waals surface area contributed by atoms with Gasteiger partial charge in [0, 0.05) is 23.6 Å². The number of nitrogens with one attached hydrogen (secondary N) is 1. The lowest BCUT2D eigenvalue weighted by Crippen LogP contribution is -2.12. The maximum absolute atomic E-state index is 12.5. The Labute approximate surface area is 153 Å². The lowest BCUT2D eigenvalue weighted by molar-refractivity contribution is 0.102. The third-order valence-corrected chi connectivity index (χ3v) is 4.35. The molecule has 4 aromatic rings. The molecule has 7 heteroatoms. The van der Waals surface area contributed by atoms with E-state index in [2.05, 4.69) is 15.3 Å². The monoisotopic (exact) mass is 365 g/mol. The average Bonchev–Trinajstić information content (AvgIpc) is 3.28. The van der Waals surface area contributed by atoms with Gasteiger partial charge in [-0.2, -0.15) is 0 Å². The summed E-state index contributed by atoms with van der Waals surface area (Å²) >= 11 is 1.52. The summed E-state index contributed by atoms with van der Waals surface area (Å²) in [7, 11) is 0. The van der Waals surface area contributed by atoms with Crippen molar-refractivity contribution in [2.45, 2.75) is 13.5 Å². The molecule has 0 unspecified atom stereocenters. The maximum atomic E-state index is 12.5. The zero-order valence-electron chi connectivity index (χ0n) is 13.9. The van der Waals surface area contributed by atoms with Crippen LogP contribution < -0.4 is 10.1 Å². The number of rotatable bonds is 5. The van der Waals surface area contributed by atoms with Gasteiger partial charge in [-0.25, -0.2) is 9.97 Å². The van der Waals surface area contributed by atoms with Gasteiger partial charge in [-0.1, -0.05) is 6.07 Å². The number of carbonyl (C=O) groups is 1. The van der Waals surface area contributed by atoms with Gasteiger partial charge in [0.1, 0.15) is 17.9 Å². The molecule has 0 aliphatic rings. The first kappa shape index (κ1) is 16.3. The summed E-state index contributed by atoms with van der Waals surface area (Å²) in [6, 6.07) is 12.4. The second-order valence-electron chi connectivity index (χ2n) is 5.67. The average molecular weight is 365 g/mol. The fourth-order valence-corrected chi connectivity index (χ4v) is 3.06. The SMILES string of the molecule is Cc1nc2cc(NC(=O)c3cccc(OCc4cscn4)c3)ccc2o1. The second kappa shape index (κ2) is 6.97. The number of carbonyl (C=O) groups excluding carboxylic acids is 1. The quantitative estimate of drug-likeness (QED) is 0.566. The third kappa shape index (κ3) is 3.57. The number of hydrogen-bond donors (Lipinski definition) is 1. The van der Waals surface area contributed by atoms with Crippen molar-refractivity contribution in [1.29, 1.82) is 0 Å². The van der Waals surface area contributed by atoms with Crippen LogP contribution in [0.4, 0.5) is 5.69 Å². The normalized spacial score (nSPS) is 10.8. The smallest absolute Gasteiger partial charge is 0.255 e. The number of amides is 1. The van der Waals surface area contributed by atoms with Crippen LogP contribution in [0.2, 0.25) is 0 Å². The highest BCUT2D eigenvalue weighted by Gasteiger charge is 2.10. The Morgan fingerprint density at radius 2 is 2.19 bits per heavy atom. The van der Waals surface area contributed by atoms with Crippen molar-refractivity contribution in [3.8, 4) is 5.75 Å². The van der Waals surface area contributed by atoms with Gasteiger partial charge in [0.05, 0.1) is 11.2 Å². The number of aryl methyl sites for hydroxylation is 1. The Kier molecular flexibility index (Phi) is 4.37. The number of aromatic nitrogens is 2. The highest BCUT2D eigenvalue weighted by molar-refractivity contribution is 7.07. The molecule has 1 amide bonds. The summed E-state index contributed by atoms with van der Waals surface area (Å²) in [5.74, 6) is 0.991. The number of thiazole rings is 1. The summed E-state index contributed by atoms with van der Waals surface area (Å²) in [6.07, 6.45) is 0. The summed E-state index contributed by atoms with van der Waals surface area (Å²) in [5.41, 5.74) is 5.19. The molecule has 0 spiro atoms. The van der Waals surface area contributed by atoms with Crippen molar-refractivity contribution in [3.63, 3.8) is 0 Å². The molecule has 0 radical (unpaired) electrons. The van der Waals surface area contributed by atoms with Crippen molar-refractivity contribution in [3.05, 3.63) is 70.5 Å². The van der Waals surface area contributed by atoms with Gasteiger partial charge in [-0.3, -0.25) is 4.79 Å². The first-order valence-corrected chi connectivity index (χ1v) is 8.90. The van der Waals surface area contributed by atoms with Crippen LogP contribution in [0.1, 0.15) is 21.9 Å². The minimum atomic E-state index is -0.219.